The molecule has 3 N–H and O–H groups in total. The molecule has 1 amide bonds. The molecule has 0 aromatic heterocycles. The van der Waals surface area contributed by atoms with Gasteiger partial charge in [-0.2, -0.15) is 0 Å². The summed E-state index contributed by atoms with van der Waals surface area (Å²) in [5.74, 6) is -0.959. The highest BCUT2D eigenvalue weighted by Gasteiger charge is 2.19. The first-order valence-electron chi connectivity index (χ1n) is 6.01. The molecule has 0 spiro atoms. The monoisotopic (exact) mass is 267 g/mol. The Balaban J connectivity index is 2.82. The molecule has 5 heteroatoms. The number of carbonyl (C=O) groups excluding carboxylic acids is 1. The van der Waals surface area contributed by atoms with Crippen LogP contribution in [0.2, 0.25) is 0 Å². The smallest absolute Gasteiger partial charge is 0.405 e. The van der Waals surface area contributed by atoms with Crippen molar-refractivity contribution in [3.8, 4) is 0 Å². The lowest BCUT2D eigenvalue weighted by atomic mass is 10.0. The third-order valence-corrected chi connectivity index (χ3v) is 2.56. The molecule has 19 heavy (non-hydrogen) atoms. The minimum atomic E-state index is -1.06. The fraction of sp³-hybridized carbons (Fsp3) is 0.357. The topological polar surface area (TPSA) is 72.5 Å². The van der Waals surface area contributed by atoms with Gasteiger partial charge in [-0.3, -0.25) is 0 Å². The van der Waals surface area contributed by atoms with Crippen molar-refractivity contribution in [3.05, 3.63) is 47.8 Å². The first kappa shape index (κ1) is 15.2. The first-order valence-corrected chi connectivity index (χ1v) is 6.01. The SMILES string of the molecule is C[C@@H](/C=C(\F)[C@H](Cc1ccccc1)OC(N)=O)CO. The zero-order valence-electron chi connectivity index (χ0n) is 10.8. The number of aliphatic hydroxyl groups excluding tert-OH is 1. The number of hydrogen-bond donors (Lipinski definition) is 2. The number of rotatable bonds is 6. The Hall–Kier alpha value is -1.88. The highest BCUT2D eigenvalue weighted by atomic mass is 19.1. The summed E-state index contributed by atoms with van der Waals surface area (Å²) in [6.45, 7) is 1.48. The highest BCUT2D eigenvalue weighted by molar-refractivity contribution is 5.65. The molecule has 0 saturated carbocycles. The molecule has 1 aromatic rings. The van der Waals surface area contributed by atoms with E-state index in [9.17, 15) is 9.18 Å². The number of amides is 1. The number of carbonyl (C=O) groups is 1. The standard InChI is InChI=1S/C14H18FNO3/c1-10(9-17)7-12(15)13(19-14(16)18)8-11-5-3-2-4-6-11/h2-7,10,13,17H,8-9H2,1H3,(H2,16,18)/b12-7-/t10-,13-/m0/s1. The van der Waals surface area contributed by atoms with E-state index < -0.39 is 18.0 Å². The zero-order valence-corrected chi connectivity index (χ0v) is 10.8. The molecule has 0 heterocycles. The predicted molar refractivity (Wildman–Crippen MR) is 70.0 cm³/mol. The minimum absolute atomic E-state index is 0.179. The Morgan fingerprint density at radius 2 is 2.11 bits per heavy atom. The van der Waals surface area contributed by atoms with E-state index in [2.05, 4.69) is 0 Å². The van der Waals surface area contributed by atoms with Crippen molar-refractivity contribution in [2.45, 2.75) is 19.4 Å². The number of nitrogens with two attached hydrogens (primary N) is 1. The maximum absolute atomic E-state index is 14.0. The molecule has 0 aliphatic rings. The molecule has 1 rings (SSSR count). The van der Waals surface area contributed by atoms with E-state index in [0.29, 0.717) is 0 Å². The van der Waals surface area contributed by atoms with Crippen LogP contribution in [0.15, 0.2) is 42.2 Å². The molecule has 0 bridgehead atoms. The van der Waals surface area contributed by atoms with Gasteiger partial charge in [-0.05, 0) is 11.6 Å². The molecular weight excluding hydrogens is 249 g/mol. The molecule has 4 nitrogen and oxygen atoms in total. The van der Waals surface area contributed by atoms with Crippen LogP contribution in [-0.2, 0) is 11.2 Å². The average Bonchev–Trinajstić information content (AvgIpc) is 2.38. The van der Waals surface area contributed by atoms with Crippen LogP contribution in [0.3, 0.4) is 0 Å². The summed E-state index contributed by atoms with van der Waals surface area (Å²) in [7, 11) is 0. The van der Waals surface area contributed by atoms with E-state index in [0.717, 1.165) is 5.56 Å². The lowest BCUT2D eigenvalue weighted by Gasteiger charge is -2.16. The summed E-state index contributed by atoms with van der Waals surface area (Å²) >= 11 is 0. The Labute approximate surface area is 111 Å². The number of halogens is 1. The van der Waals surface area contributed by atoms with Crippen LogP contribution in [-0.4, -0.2) is 23.9 Å². The summed E-state index contributed by atoms with van der Waals surface area (Å²) in [5, 5.41) is 8.89. The minimum Gasteiger partial charge on any atom is -0.439 e. The van der Waals surface area contributed by atoms with Crippen molar-refractivity contribution in [2.75, 3.05) is 6.61 Å². The Kier molecular flexibility index (Phi) is 6.02. The van der Waals surface area contributed by atoms with Crippen LogP contribution in [0.5, 0.6) is 0 Å². The van der Waals surface area contributed by atoms with Gasteiger partial charge in [-0.15, -0.1) is 0 Å². The maximum Gasteiger partial charge on any atom is 0.405 e. The molecule has 0 fully saturated rings. The van der Waals surface area contributed by atoms with Crippen molar-refractivity contribution in [1.82, 2.24) is 0 Å². The van der Waals surface area contributed by atoms with Gasteiger partial charge in [0, 0.05) is 18.9 Å². The van der Waals surface area contributed by atoms with Gasteiger partial charge in [0.25, 0.3) is 0 Å². The maximum atomic E-state index is 14.0. The number of benzene rings is 1. The van der Waals surface area contributed by atoms with Gasteiger partial charge in [0.1, 0.15) is 5.83 Å². The molecule has 104 valence electrons. The average molecular weight is 267 g/mol. The second kappa shape index (κ2) is 7.53. The second-order valence-electron chi connectivity index (χ2n) is 4.33. The van der Waals surface area contributed by atoms with Crippen molar-refractivity contribution in [2.24, 2.45) is 11.7 Å². The molecule has 0 radical (unpaired) electrons. The van der Waals surface area contributed by atoms with Crippen LogP contribution >= 0.6 is 0 Å². The van der Waals surface area contributed by atoms with Gasteiger partial charge in [0.05, 0.1) is 0 Å². The molecule has 0 aliphatic heterocycles. The van der Waals surface area contributed by atoms with Crippen molar-refractivity contribution in [3.63, 3.8) is 0 Å². The van der Waals surface area contributed by atoms with E-state index in [1.54, 1.807) is 19.1 Å². The van der Waals surface area contributed by atoms with E-state index >= 15 is 0 Å². The number of ether oxygens (including phenoxy) is 1. The van der Waals surface area contributed by atoms with E-state index in [4.69, 9.17) is 15.6 Å². The summed E-state index contributed by atoms with van der Waals surface area (Å²) < 4.78 is 18.7. The highest BCUT2D eigenvalue weighted by Crippen LogP contribution is 2.17. The third-order valence-electron chi connectivity index (χ3n) is 2.56. The van der Waals surface area contributed by atoms with Crippen LogP contribution in [0.1, 0.15) is 12.5 Å². The van der Waals surface area contributed by atoms with E-state index in [-0.39, 0.29) is 18.9 Å². The van der Waals surface area contributed by atoms with Gasteiger partial charge in [-0.25, -0.2) is 9.18 Å². The fourth-order valence-electron chi connectivity index (χ4n) is 1.60. The lowest BCUT2D eigenvalue weighted by Crippen LogP contribution is -2.25. The molecule has 0 unspecified atom stereocenters. The Morgan fingerprint density at radius 1 is 1.47 bits per heavy atom. The molecule has 0 aliphatic carbocycles. The largest absolute Gasteiger partial charge is 0.439 e. The summed E-state index contributed by atoms with van der Waals surface area (Å²) in [5.41, 5.74) is 5.77. The number of aliphatic hydroxyl groups is 1. The molecule has 0 saturated heterocycles. The van der Waals surface area contributed by atoms with Crippen molar-refractivity contribution >= 4 is 6.09 Å². The van der Waals surface area contributed by atoms with Gasteiger partial charge >= 0.3 is 6.09 Å². The van der Waals surface area contributed by atoms with Crippen LogP contribution < -0.4 is 5.73 Å². The van der Waals surface area contributed by atoms with Gasteiger partial charge in [-0.1, -0.05) is 37.3 Å². The molecular formula is C14H18FNO3. The van der Waals surface area contributed by atoms with E-state index in [1.807, 2.05) is 18.2 Å². The van der Waals surface area contributed by atoms with Crippen LogP contribution in [0.4, 0.5) is 9.18 Å². The Bertz CT molecular complexity index is 434. The fourth-order valence-corrected chi connectivity index (χ4v) is 1.60. The normalized spacial score (nSPS) is 14.8. The molecule has 1 aromatic carbocycles. The number of primary amides is 1. The summed E-state index contributed by atoms with van der Waals surface area (Å²) in [4.78, 5) is 10.8. The summed E-state index contributed by atoms with van der Waals surface area (Å²) in [6, 6.07) is 9.08. The van der Waals surface area contributed by atoms with E-state index in [1.165, 1.54) is 6.08 Å². The van der Waals surface area contributed by atoms with Gasteiger partial charge in [0.2, 0.25) is 0 Å². The molecule has 2 atom stereocenters. The predicted octanol–water partition coefficient (Wildman–Crippen LogP) is 2.17. The first-order chi connectivity index (χ1) is 9.02. The summed E-state index contributed by atoms with van der Waals surface area (Å²) in [6.07, 6.45) is -0.657. The van der Waals surface area contributed by atoms with Gasteiger partial charge in [0.15, 0.2) is 6.10 Å². The van der Waals surface area contributed by atoms with Crippen molar-refractivity contribution < 1.29 is 19.0 Å². The number of hydrogen-bond acceptors (Lipinski definition) is 3. The zero-order chi connectivity index (χ0) is 14.3. The second-order valence-corrected chi connectivity index (χ2v) is 4.33. The van der Waals surface area contributed by atoms with Crippen LogP contribution in [0, 0.1) is 5.92 Å². The van der Waals surface area contributed by atoms with Gasteiger partial charge < -0.3 is 15.6 Å². The Morgan fingerprint density at radius 3 is 2.63 bits per heavy atom. The third kappa shape index (κ3) is 5.52. The van der Waals surface area contributed by atoms with Crippen molar-refractivity contribution in [1.29, 1.82) is 0 Å². The van der Waals surface area contributed by atoms with Crippen LogP contribution in [0.25, 0.3) is 0 Å². The quantitative estimate of drug-likeness (QED) is 0.829. The lowest BCUT2D eigenvalue weighted by molar-refractivity contribution is 0.111.